The number of rotatable bonds is 1. The zero-order valence-electron chi connectivity index (χ0n) is 8.96. The number of carbonyl (C=O) groups is 2. The molecule has 0 aromatic rings. The van der Waals surface area contributed by atoms with Gasteiger partial charge in [0.15, 0.2) is 0 Å². The summed E-state index contributed by atoms with van der Waals surface area (Å²) in [6, 6.07) is 0.0648. The lowest BCUT2D eigenvalue weighted by Crippen LogP contribution is -2.60. The average Bonchev–Trinajstić information content (AvgIpc) is 1.98. The van der Waals surface area contributed by atoms with Gasteiger partial charge < -0.3 is 4.74 Å². The van der Waals surface area contributed by atoms with E-state index in [-0.39, 0.29) is 11.9 Å². The number of β-lactam (4-membered cyclic amide) rings is 1. The van der Waals surface area contributed by atoms with Crippen LogP contribution >= 0.6 is 0 Å². The lowest BCUT2D eigenvalue weighted by atomic mass is 10.1. The van der Waals surface area contributed by atoms with E-state index < -0.39 is 11.7 Å². The van der Waals surface area contributed by atoms with Gasteiger partial charge in [-0.05, 0) is 27.7 Å². The minimum atomic E-state index is -0.586. The Labute approximate surface area is 83.4 Å². The van der Waals surface area contributed by atoms with Crippen LogP contribution in [-0.2, 0) is 9.53 Å². The Morgan fingerprint density at radius 1 is 1.57 bits per heavy atom. The molecule has 1 saturated heterocycles. The number of hydrogen-bond acceptors (Lipinski definition) is 3. The second kappa shape index (κ2) is 3.48. The molecule has 5 heteroatoms. The largest absolute Gasteiger partial charge is 0.443 e. The van der Waals surface area contributed by atoms with Crippen LogP contribution in [0.4, 0.5) is 4.79 Å². The van der Waals surface area contributed by atoms with Gasteiger partial charge in [-0.15, -0.1) is 0 Å². The quantitative estimate of drug-likeness (QED) is 0.643. The SMILES string of the molecule is CC1CC(=O)N1NC(=O)OC(C)(C)C. The molecule has 5 nitrogen and oxygen atoms in total. The molecule has 0 saturated carbocycles. The molecule has 2 amide bonds. The van der Waals surface area contributed by atoms with Gasteiger partial charge in [-0.2, -0.15) is 0 Å². The Balaban J connectivity index is 2.38. The predicted octanol–water partition coefficient (Wildman–Crippen LogP) is 1.05. The Morgan fingerprint density at radius 2 is 2.14 bits per heavy atom. The van der Waals surface area contributed by atoms with Crippen LogP contribution in [0.15, 0.2) is 0 Å². The van der Waals surface area contributed by atoms with Gasteiger partial charge in [0.1, 0.15) is 5.60 Å². The van der Waals surface area contributed by atoms with Gasteiger partial charge in [0.25, 0.3) is 0 Å². The third-order valence-corrected chi connectivity index (χ3v) is 1.79. The monoisotopic (exact) mass is 200 g/mol. The summed E-state index contributed by atoms with van der Waals surface area (Å²) >= 11 is 0. The van der Waals surface area contributed by atoms with Crippen molar-refractivity contribution in [1.29, 1.82) is 0 Å². The number of hydrazine groups is 1. The molecule has 1 fully saturated rings. The molecule has 14 heavy (non-hydrogen) atoms. The van der Waals surface area contributed by atoms with Crippen LogP contribution in [0.3, 0.4) is 0 Å². The van der Waals surface area contributed by atoms with Crippen LogP contribution in [-0.4, -0.2) is 28.7 Å². The van der Waals surface area contributed by atoms with Crippen molar-refractivity contribution >= 4 is 12.0 Å². The summed E-state index contributed by atoms with van der Waals surface area (Å²) in [5.41, 5.74) is 1.85. The van der Waals surface area contributed by atoms with Crippen LogP contribution in [0.2, 0.25) is 0 Å². The van der Waals surface area contributed by atoms with E-state index in [1.165, 1.54) is 5.01 Å². The van der Waals surface area contributed by atoms with Gasteiger partial charge >= 0.3 is 6.09 Å². The van der Waals surface area contributed by atoms with Crippen LogP contribution in [0.25, 0.3) is 0 Å². The zero-order chi connectivity index (χ0) is 10.9. The summed E-state index contributed by atoms with van der Waals surface area (Å²) in [6.07, 6.45) is -0.104. The smallest absolute Gasteiger partial charge is 0.426 e. The number of ether oxygens (including phenoxy) is 1. The maximum absolute atomic E-state index is 11.2. The Bertz CT molecular complexity index is 257. The van der Waals surface area contributed by atoms with Crippen molar-refractivity contribution in [3.05, 3.63) is 0 Å². The third-order valence-electron chi connectivity index (χ3n) is 1.79. The highest BCUT2D eigenvalue weighted by Gasteiger charge is 2.34. The molecule has 1 aliphatic rings. The summed E-state index contributed by atoms with van der Waals surface area (Å²) in [7, 11) is 0. The van der Waals surface area contributed by atoms with Crippen LogP contribution in [0, 0.1) is 0 Å². The number of nitrogens with one attached hydrogen (secondary N) is 1. The molecular formula is C9H16N2O3. The average molecular weight is 200 g/mol. The van der Waals surface area contributed by atoms with Crippen molar-refractivity contribution in [3.63, 3.8) is 0 Å². The molecule has 0 spiro atoms. The van der Waals surface area contributed by atoms with E-state index in [0.29, 0.717) is 6.42 Å². The number of amides is 2. The fraction of sp³-hybridized carbons (Fsp3) is 0.778. The lowest BCUT2D eigenvalue weighted by Gasteiger charge is -2.37. The van der Waals surface area contributed by atoms with Crippen molar-refractivity contribution in [1.82, 2.24) is 10.4 Å². The number of carbonyl (C=O) groups excluding carboxylic acids is 2. The molecule has 1 N–H and O–H groups in total. The molecule has 0 bridgehead atoms. The molecule has 1 heterocycles. The van der Waals surface area contributed by atoms with Crippen molar-refractivity contribution in [2.24, 2.45) is 0 Å². The van der Waals surface area contributed by atoms with Crippen LogP contribution in [0.5, 0.6) is 0 Å². The van der Waals surface area contributed by atoms with E-state index >= 15 is 0 Å². The molecule has 0 radical (unpaired) electrons. The molecule has 0 aliphatic carbocycles. The number of hydrogen-bond donors (Lipinski definition) is 1. The molecule has 1 rings (SSSR count). The first-order chi connectivity index (χ1) is 6.29. The summed E-state index contributed by atoms with van der Waals surface area (Å²) in [5.74, 6) is -0.0802. The molecule has 1 atom stereocenters. The minimum absolute atomic E-state index is 0.0648. The second-order valence-electron chi connectivity index (χ2n) is 4.43. The third kappa shape index (κ3) is 2.61. The molecule has 80 valence electrons. The van der Waals surface area contributed by atoms with E-state index in [4.69, 9.17) is 4.74 Å². The zero-order valence-corrected chi connectivity index (χ0v) is 8.96. The van der Waals surface area contributed by atoms with E-state index in [1.807, 2.05) is 6.92 Å². The molecular weight excluding hydrogens is 184 g/mol. The van der Waals surface area contributed by atoms with Crippen LogP contribution < -0.4 is 5.43 Å². The topological polar surface area (TPSA) is 58.6 Å². The Kier molecular flexibility index (Phi) is 2.69. The summed E-state index contributed by atoms with van der Waals surface area (Å²) < 4.78 is 5.00. The predicted molar refractivity (Wildman–Crippen MR) is 50.3 cm³/mol. The molecule has 1 unspecified atom stereocenters. The van der Waals surface area contributed by atoms with E-state index in [0.717, 1.165) is 0 Å². The van der Waals surface area contributed by atoms with Crippen molar-refractivity contribution in [2.75, 3.05) is 0 Å². The molecule has 1 aliphatic heterocycles. The highest BCUT2D eigenvalue weighted by Crippen LogP contribution is 2.15. The Morgan fingerprint density at radius 3 is 2.50 bits per heavy atom. The van der Waals surface area contributed by atoms with Gasteiger partial charge in [0.05, 0.1) is 12.5 Å². The fourth-order valence-electron chi connectivity index (χ4n) is 1.15. The van der Waals surface area contributed by atoms with E-state index in [1.54, 1.807) is 20.8 Å². The minimum Gasteiger partial charge on any atom is -0.443 e. The lowest BCUT2D eigenvalue weighted by molar-refractivity contribution is -0.150. The van der Waals surface area contributed by atoms with E-state index in [2.05, 4.69) is 5.43 Å². The standard InChI is InChI=1S/C9H16N2O3/c1-6-5-7(12)11(6)10-8(13)14-9(2,3)4/h6H,5H2,1-4H3,(H,10,13). The molecule has 0 aromatic heterocycles. The first-order valence-electron chi connectivity index (χ1n) is 4.61. The first kappa shape index (κ1) is 10.8. The van der Waals surface area contributed by atoms with Crippen LogP contribution in [0.1, 0.15) is 34.1 Å². The highest BCUT2D eigenvalue weighted by molar-refractivity contribution is 5.85. The number of nitrogens with zero attached hydrogens (tertiary/aromatic N) is 1. The van der Waals surface area contributed by atoms with Gasteiger partial charge in [-0.1, -0.05) is 0 Å². The van der Waals surface area contributed by atoms with E-state index in [9.17, 15) is 9.59 Å². The molecule has 0 aromatic carbocycles. The van der Waals surface area contributed by atoms with Crippen molar-refractivity contribution in [2.45, 2.75) is 45.8 Å². The second-order valence-corrected chi connectivity index (χ2v) is 4.43. The summed E-state index contributed by atoms with van der Waals surface area (Å²) in [5, 5.41) is 1.29. The van der Waals surface area contributed by atoms with Gasteiger partial charge in [0, 0.05) is 0 Å². The summed E-state index contributed by atoms with van der Waals surface area (Å²) in [6.45, 7) is 7.18. The van der Waals surface area contributed by atoms with Gasteiger partial charge in [-0.3, -0.25) is 4.79 Å². The fourth-order valence-corrected chi connectivity index (χ4v) is 1.15. The highest BCUT2D eigenvalue weighted by atomic mass is 16.6. The van der Waals surface area contributed by atoms with Crippen molar-refractivity contribution < 1.29 is 14.3 Å². The Hall–Kier alpha value is -1.26. The first-order valence-corrected chi connectivity index (χ1v) is 4.61. The maximum atomic E-state index is 11.2. The van der Waals surface area contributed by atoms with Gasteiger partial charge in [0.2, 0.25) is 5.91 Å². The summed E-state index contributed by atoms with van der Waals surface area (Å²) in [4.78, 5) is 22.2. The van der Waals surface area contributed by atoms with Crippen molar-refractivity contribution in [3.8, 4) is 0 Å². The normalized spacial score (nSPS) is 21.6. The van der Waals surface area contributed by atoms with Gasteiger partial charge in [-0.25, -0.2) is 15.2 Å². The maximum Gasteiger partial charge on any atom is 0.426 e.